The van der Waals surface area contributed by atoms with Gasteiger partial charge in [-0.25, -0.2) is 0 Å². The summed E-state index contributed by atoms with van der Waals surface area (Å²) in [6.07, 6.45) is 1.71. The quantitative estimate of drug-likeness (QED) is 0.691. The highest BCUT2D eigenvalue weighted by molar-refractivity contribution is 6.50. The molecule has 0 bridgehead atoms. The van der Waals surface area contributed by atoms with E-state index in [9.17, 15) is 4.79 Å². The van der Waals surface area contributed by atoms with Crippen molar-refractivity contribution in [2.24, 2.45) is 0 Å². The van der Waals surface area contributed by atoms with Crippen molar-refractivity contribution in [1.82, 2.24) is 10.1 Å². The van der Waals surface area contributed by atoms with Gasteiger partial charge in [0.15, 0.2) is 0 Å². The first-order chi connectivity index (χ1) is 12.0. The maximum atomic E-state index is 11.0. The van der Waals surface area contributed by atoms with Crippen molar-refractivity contribution < 1.29 is 9.32 Å². The van der Waals surface area contributed by atoms with Crippen LogP contribution < -0.4 is 5.32 Å². The fourth-order valence-electron chi connectivity index (χ4n) is 2.11. The van der Waals surface area contributed by atoms with Gasteiger partial charge in [0.05, 0.1) is 0 Å². The van der Waals surface area contributed by atoms with Crippen molar-refractivity contribution in [1.29, 1.82) is 0 Å². The van der Waals surface area contributed by atoms with Crippen LogP contribution in [0.15, 0.2) is 53.1 Å². The lowest BCUT2D eigenvalue weighted by Gasteiger charge is -2.01. The Morgan fingerprint density at radius 2 is 1.80 bits per heavy atom. The molecule has 2 aromatic carbocycles. The third-order valence-corrected chi connectivity index (χ3v) is 3.78. The zero-order chi connectivity index (χ0) is 17.8. The molecule has 25 heavy (non-hydrogen) atoms. The van der Waals surface area contributed by atoms with Crippen LogP contribution in [-0.4, -0.2) is 16.0 Å². The molecule has 126 valence electrons. The van der Waals surface area contributed by atoms with E-state index in [1.807, 2.05) is 12.1 Å². The highest BCUT2D eigenvalue weighted by Gasteiger charge is 2.11. The van der Waals surface area contributed by atoms with Gasteiger partial charge in [-0.1, -0.05) is 40.5 Å². The molecule has 3 rings (SSSR count). The summed E-state index contributed by atoms with van der Waals surface area (Å²) in [5.41, 5.74) is 2.33. The first-order valence-electron chi connectivity index (χ1n) is 7.36. The predicted molar refractivity (Wildman–Crippen MR) is 99.2 cm³/mol. The van der Waals surface area contributed by atoms with Gasteiger partial charge < -0.3 is 9.84 Å². The molecule has 0 atom stereocenters. The van der Waals surface area contributed by atoms with Crippen LogP contribution in [0.25, 0.3) is 22.5 Å². The maximum absolute atomic E-state index is 11.0. The van der Waals surface area contributed by atoms with Crippen LogP contribution in [0, 0.1) is 0 Å². The van der Waals surface area contributed by atoms with Crippen molar-refractivity contribution in [3.8, 4) is 11.4 Å². The Kier molecular flexibility index (Phi) is 5.16. The van der Waals surface area contributed by atoms with E-state index in [0.29, 0.717) is 21.6 Å². The fraction of sp³-hybridized carbons (Fsp3) is 0.0556. The Balaban J connectivity index is 1.78. The van der Waals surface area contributed by atoms with E-state index in [2.05, 4.69) is 15.5 Å². The van der Waals surface area contributed by atoms with Crippen LogP contribution in [0.3, 0.4) is 0 Å². The van der Waals surface area contributed by atoms with E-state index in [4.69, 9.17) is 27.7 Å². The number of amides is 1. The van der Waals surface area contributed by atoms with E-state index in [1.54, 1.807) is 42.5 Å². The van der Waals surface area contributed by atoms with Crippen LogP contribution >= 0.6 is 23.2 Å². The zero-order valence-electron chi connectivity index (χ0n) is 13.2. The van der Waals surface area contributed by atoms with Crippen LogP contribution in [0.1, 0.15) is 18.4 Å². The molecule has 7 heteroatoms. The standard InChI is InChI=1S/C18H13Cl2N3O2/c1-11(24)21-15-8-2-12(3-9-15)10-16(20)18-22-17(23-25-18)13-4-6-14(19)7-5-13/h2-10H,1H3,(H,21,24)/b16-10-. The van der Waals surface area contributed by atoms with Crippen molar-refractivity contribution >= 4 is 45.9 Å². The highest BCUT2D eigenvalue weighted by Crippen LogP contribution is 2.25. The van der Waals surface area contributed by atoms with E-state index >= 15 is 0 Å². The third kappa shape index (κ3) is 4.47. The summed E-state index contributed by atoms with van der Waals surface area (Å²) in [5, 5.41) is 7.58. The van der Waals surface area contributed by atoms with Crippen LogP contribution in [-0.2, 0) is 4.79 Å². The van der Waals surface area contributed by atoms with Gasteiger partial charge in [0, 0.05) is 23.2 Å². The first kappa shape index (κ1) is 17.2. The predicted octanol–water partition coefficient (Wildman–Crippen LogP) is 5.09. The molecule has 0 aliphatic heterocycles. The second-order valence-electron chi connectivity index (χ2n) is 5.23. The normalized spacial score (nSPS) is 11.4. The molecule has 0 unspecified atom stereocenters. The summed E-state index contributed by atoms with van der Waals surface area (Å²) in [7, 11) is 0. The van der Waals surface area contributed by atoms with Crippen LogP contribution in [0.5, 0.6) is 0 Å². The van der Waals surface area contributed by atoms with Gasteiger partial charge >= 0.3 is 0 Å². The number of nitrogens with one attached hydrogen (secondary N) is 1. The summed E-state index contributed by atoms with van der Waals surface area (Å²) >= 11 is 12.1. The number of carbonyl (C=O) groups is 1. The van der Waals surface area contributed by atoms with Gasteiger partial charge in [-0.05, 0) is 48.0 Å². The Morgan fingerprint density at radius 3 is 2.44 bits per heavy atom. The molecule has 0 aliphatic rings. The highest BCUT2D eigenvalue weighted by atomic mass is 35.5. The number of benzene rings is 2. The Bertz CT molecular complexity index is 916. The smallest absolute Gasteiger partial charge is 0.269 e. The van der Waals surface area contributed by atoms with E-state index in [1.165, 1.54) is 6.92 Å². The minimum absolute atomic E-state index is 0.123. The molecule has 1 amide bonds. The van der Waals surface area contributed by atoms with Gasteiger partial charge in [-0.3, -0.25) is 4.79 Å². The van der Waals surface area contributed by atoms with Crippen molar-refractivity contribution in [2.75, 3.05) is 5.32 Å². The topological polar surface area (TPSA) is 68.0 Å². The lowest BCUT2D eigenvalue weighted by Crippen LogP contribution is -2.05. The number of carbonyl (C=O) groups excluding carboxylic acids is 1. The lowest BCUT2D eigenvalue weighted by molar-refractivity contribution is -0.114. The summed E-state index contributed by atoms with van der Waals surface area (Å²) in [5.74, 6) is 0.527. The van der Waals surface area contributed by atoms with Gasteiger partial charge in [-0.2, -0.15) is 4.98 Å². The zero-order valence-corrected chi connectivity index (χ0v) is 14.7. The summed E-state index contributed by atoms with van der Waals surface area (Å²) in [6, 6.07) is 14.3. The number of rotatable bonds is 4. The van der Waals surface area contributed by atoms with Crippen molar-refractivity contribution in [2.45, 2.75) is 6.92 Å². The van der Waals surface area contributed by atoms with Gasteiger partial charge in [0.25, 0.3) is 5.89 Å². The number of hydrogen-bond donors (Lipinski definition) is 1. The Hall–Kier alpha value is -2.63. The molecular weight excluding hydrogens is 361 g/mol. The molecule has 1 aromatic heterocycles. The summed E-state index contributed by atoms with van der Waals surface area (Å²) < 4.78 is 5.21. The molecular formula is C18H13Cl2N3O2. The molecule has 0 saturated heterocycles. The lowest BCUT2D eigenvalue weighted by atomic mass is 10.2. The van der Waals surface area contributed by atoms with Crippen molar-refractivity contribution in [3.63, 3.8) is 0 Å². The largest absolute Gasteiger partial charge is 0.333 e. The van der Waals surface area contributed by atoms with Gasteiger partial charge in [0.2, 0.25) is 11.7 Å². The van der Waals surface area contributed by atoms with Gasteiger partial charge in [-0.15, -0.1) is 0 Å². The number of nitrogens with zero attached hydrogens (tertiary/aromatic N) is 2. The van der Waals surface area contributed by atoms with Gasteiger partial charge in [0.1, 0.15) is 5.03 Å². The second-order valence-corrected chi connectivity index (χ2v) is 6.07. The molecule has 0 fully saturated rings. The van der Waals surface area contributed by atoms with Crippen LogP contribution in [0.4, 0.5) is 5.69 Å². The third-order valence-electron chi connectivity index (χ3n) is 3.26. The first-order valence-corrected chi connectivity index (χ1v) is 8.12. The molecule has 0 radical (unpaired) electrons. The van der Waals surface area contributed by atoms with Crippen LogP contribution in [0.2, 0.25) is 5.02 Å². The number of aromatic nitrogens is 2. The van der Waals surface area contributed by atoms with Crippen molar-refractivity contribution in [3.05, 3.63) is 65.0 Å². The molecule has 1 heterocycles. The second kappa shape index (κ2) is 7.51. The number of halogens is 2. The summed E-state index contributed by atoms with van der Waals surface area (Å²) in [6.45, 7) is 1.46. The molecule has 0 saturated carbocycles. The number of hydrogen-bond acceptors (Lipinski definition) is 4. The molecule has 5 nitrogen and oxygen atoms in total. The summed E-state index contributed by atoms with van der Waals surface area (Å²) in [4.78, 5) is 15.3. The average Bonchev–Trinajstić information content (AvgIpc) is 3.07. The van der Waals surface area contributed by atoms with E-state index in [0.717, 1.165) is 11.1 Å². The van der Waals surface area contributed by atoms with E-state index in [-0.39, 0.29) is 11.8 Å². The SMILES string of the molecule is CC(=O)Nc1ccc(/C=C(\Cl)c2nc(-c3ccc(Cl)cc3)no2)cc1. The number of anilines is 1. The average molecular weight is 374 g/mol. The Labute approximate surface area is 154 Å². The van der Waals surface area contributed by atoms with E-state index < -0.39 is 0 Å². The molecule has 1 N–H and O–H groups in total. The fourth-order valence-corrected chi connectivity index (χ4v) is 2.44. The molecule has 3 aromatic rings. The molecule has 0 aliphatic carbocycles. The Morgan fingerprint density at radius 1 is 1.12 bits per heavy atom. The monoisotopic (exact) mass is 373 g/mol. The maximum Gasteiger partial charge on any atom is 0.269 e. The minimum Gasteiger partial charge on any atom is -0.333 e. The molecule has 0 spiro atoms. The minimum atomic E-state index is -0.123.